The van der Waals surface area contributed by atoms with E-state index >= 15 is 0 Å². The number of rotatable bonds is 5. The van der Waals surface area contributed by atoms with E-state index in [1.54, 1.807) is 0 Å². The summed E-state index contributed by atoms with van der Waals surface area (Å²) in [6, 6.07) is 10.9. The summed E-state index contributed by atoms with van der Waals surface area (Å²) in [5, 5.41) is 11.2. The maximum absolute atomic E-state index is 12.8. The zero-order chi connectivity index (χ0) is 20.0. The van der Waals surface area contributed by atoms with Gasteiger partial charge in [-0.25, -0.2) is 4.79 Å². The van der Waals surface area contributed by atoms with Gasteiger partial charge in [0.1, 0.15) is 6.04 Å². The zero-order valence-corrected chi connectivity index (χ0v) is 14.2. The summed E-state index contributed by atoms with van der Waals surface area (Å²) in [4.78, 5) is 24.3. The third kappa shape index (κ3) is 5.31. The highest BCUT2D eigenvalue weighted by Gasteiger charge is 2.31. The lowest BCUT2D eigenvalue weighted by molar-refractivity contribution is -0.142. The molecule has 2 aromatic rings. The summed E-state index contributed by atoms with van der Waals surface area (Å²) in [5.41, 5.74) is -0.0608. The van der Waals surface area contributed by atoms with E-state index in [2.05, 4.69) is 10.1 Å². The number of amides is 1. The van der Waals surface area contributed by atoms with E-state index in [4.69, 9.17) is 5.26 Å². The fourth-order valence-electron chi connectivity index (χ4n) is 2.38. The number of hydrogen-bond acceptors (Lipinski definition) is 4. The topological polar surface area (TPSA) is 79.2 Å². The summed E-state index contributed by atoms with van der Waals surface area (Å²) >= 11 is 0. The van der Waals surface area contributed by atoms with Crippen molar-refractivity contribution < 1.29 is 27.5 Å². The number of ether oxygens (including phenoxy) is 1. The summed E-state index contributed by atoms with van der Waals surface area (Å²) in [6.45, 7) is 0. The van der Waals surface area contributed by atoms with Crippen LogP contribution in [0, 0.1) is 11.3 Å². The summed E-state index contributed by atoms with van der Waals surface area (Å²) in [7, 11) is 1.12. The molecule has 2 rings (SSSR count). The number of hydrogen-bond donors (Lipinski definition) is 1. The Kier molecular flexibility index (Phi) is 6.19. The number of alkyl halides is 3. The summed E-state index contributed by atoms with van der Waals surface area (Å²) in [6.07, 6.45) is -4.68. The Morgan fingerprint density at radius 3 is 2.41 bits per heavy atom. The molecule has 0 heterocycles. The first-order valence-electron chi connectivity index (χ1n) is 7.79. The monoisotopic (exact) mass is 376 g/mol. The lowest BCUT2D eigenvalue weighted by atomic mass is 10.0. The molecule has 0 saturated carbocycles. The number of benzene rings is 2. The largest absolute Gasteiger partial charge is 0.467 e. The van der Waals surface area contributed by atoms with Crippen LogP contribution in [-0.2, 0) is 22.1 Å². The van der Waals surface area contributed by atoms with Crippen molar-refractivity contribution in [1.29, 1.82) is 5.26 Å². The van der Waals surface area contributed by atoms with Crippen molar-refractivity contribution in [1.82, 2.24) is 5.32 Å². The first-order chi connectivity index (χ1) is 12.7. The molecular formula is C19H15F3N2O3. The van der Waals surface area contributed by atoms with E-state index in [0.717, 1.165) is 19.2 Å². The standard InChI is InChI=1S/C19H15F3N2O3/c1-27-18(26)16(10-13-3-2-4-15(9-13)19(20,21)22)24-17(25)14-7-5-12(11-23)6-8-14/h2-9,16H,10H2,1H3,(H,24,25)/t16-/m0/s1. The highest BCUT2D eigenvalue weighted by Crippen LogP contribution is 2.29. The molecular weight excluding hydrogens is 361 g/mol. The number of methoxy groups -OCH3 is 1. The van der Waals surface area contributed by atoms with Crippen LogP contribution in [0.15, 0.2) is 48.5 Å². The fraction of sp³-hybridized carbons (Fsp3) is 0.211. The van der Waals surface area contributed by atoms with Crippen molar-refractivity contribution in [3.8, 4) is 6.07 Å². The van der Waals surface area contributed by atoms with Crippen molar-refractivity contribution in [3.05, 3.63) is 70.8 Å². The van der Waals surface area contributed by atoms with Gasteiger partial charge in [-0.05, 0) is 35.9 Å². The predicted octanol–water partition coefficient (Wildman–Crippen LogP) is 3.09. The highest BCUT2D eigenvalue weighted by atomic mass is 19.4. The molecule has 0 aliphatic heterocycles. The van der Waals surface area contributed by atoms with Crippen LogP contribution < -0.4 is 5.32 Å². The number of nitrogens with one attached hydrogen (secondary N) is 1. The van der Waals surface area contributed by atoms with Gasteiger partial charge >= 0.3 is 12.1 Å². The van der Waals surface area contributed by atoms with E-state index in [-0.39, 0.29) is 17.5 Å². The van der Waals surface area contributed by atoms with E-state index in [1.807, 2.05) is 6.07 Å². The minimum absolute atomic E-state index is 0.168. The molecule has 0 radical (unpaired) electrons. The summed E-state index contributed by atoms with van der Waals surface area (Å²) < 4.78 is 43.2. The van der Waals surface area contributed by atoms with Gasteiger partial charge in [-0.15, -0.1) is 0 Å². The Hall–Kier alpha value is -3.34. The van der Waals surface area contributed by atoms with Gasteiger partial charge in [0.05, 0.1) is 24.3 Å². The number of carbonyl (C=O) groups excluding carboxylic acids is 2. The maximum Gasteiger partial charge on any atom is 0.416 e. The van der Waals surface area contributed by atoms with Crippen molar-refractivity contribution in [2.45, 2.75) is 18.6 Å². The summed E-state index contributed by atoms with van der Waals surface area (Å²) in [5.74, 6) is -1.39. The Balaban J connectivity index is 2.19. The van der Waals surface area contributed by atoms with Crippen LogP contribution >= 0.6 is 0 Å². The molecule has 0 bridgehead atoms. The number of nitriles is 1. The molecule has 0 spiro atoms. The maximum atomic E-state index is 12.8. The molecule has 2 aromatic carbocycles. The second-order valence-electron chi connectivity index (χ2n) is 5.64. The molecule has 27 heavy (non-hydrogen) atoms. The molecule has 1 atom stereocenters. The first-order valence-corrected chi connectivity index (χ1v) is 7.79. The Morgan fingerprint density at radius 2 is 1.85 bits per heavy atom. The molecule has 0 aromatic heterocycles. The molecule has 0 aliphatic rings. The second kappa shape index (κ2) is 8.36. The van der Waals surface area contributed by atoms with Crippen molar-refractivity contribution in [2.75, 3.05) is 7.11 Å². The predicted molar refractivity (Wildman–Crippen MR) is 89.6 cm³/mol. The van der Waals surface area contributed by atoms with Gasteiger partial charge in [0.25, 0.3) is 5.91 Å². The highest BCUT2D eigenvalue weighted by molar-refractivity contribution is 5.96. The van der Waals surface area contributed by atoms with Gasteiger partial charge in [0.2, 0.25) is 0 Å². The third-order valence-corrected chi connectivity index (χ3v) is 3.76. The number of nitrogens with zero attached hydrogens (tertiary/aromatic N) is 1. The minimum Gasteiger partial charge on any atom is -0.467 e. The van der Waals surface area contributed by atoms with Crippen LogP contribution in [0.3, 0.4) is 0 Å². The lowest BCUT2D eigenvalue weighted by Gasteiger charge is -2.17. The van der Waals surface area contributed by atoms with Crippen LogP contribution in [0.1, 0.15) is 27.0 Å². The second-order valence-corrected chi connectivity index (χ2v) is 5.64. The Morgan fingerprint density at radius 1 is 1.19 bits per heavy atom. The average Bonchev–Trinajstić information content (AvgIpc) is 2.66. The van der Waals surface area contributed by atoms with Gasteiger partial charge in [-0.2, -0.15) is 18.4 Å². The van der Waals surface area contributed by atoms with Crippen molar-refractivity contribution in [3.63, 3.8) is 0 Å². The molecule has 0 unspecified atom stereocenters. The molecule has 8 heteroatoms. The van der Waals surface area contributed by atoms with Crippen LogP contribution in [0.2, 0.25) is 0 Å². The Bertz CT molecular complexity index is 871. The average molecular weight is 376 g/mol. The van der Waals surface area contributed by atoms with Crippen LogP contribution in [0.25, 0.3) is 0 Å². The molecule has 0 saturated heterocycles. The number of halogens is 3. The Labute approximate surface area is 153 Å². The van der Waals surface area contributed by atoms with E-state index in [0.29, 0.717) is 5.56 Å². The minimum atomic E-state index is -4.51. The van der Waals surface area contributed by atoms with Crippen LogP contribution in [-0.4, -0.2) is 25.0 Å². The smallest absolute Gasteiger partial charge is 0.416 e. The van der Waals surface area contributed by atoms with Gasteiger partial charge in [-0.3, -0.25) is 4.79 Å². The number of esters is 1. The molecule has 1 N–H and O–H groups in total. The number of carbonyl (C=O) groups is 2. The molecule has 5 nitrogen and oxygen atoms in total. The van der Waals surface area contributed by atoms with Gasteiger partial charge in [-0.1, -0.05) is 18.2 Å². The van der Waals surface area contributed by atoms with Crippen LogP contribution in [0.4, 0.5) is 13.2 Å². The van der Waals surface area contributed by atoms with Crippen molar-refractivity contribution >= 4 is 11.9 Å². The van der Waals surface area contributed by atoms with Gasteiger partial charge in [0, 0.05) is 12.0 Å². The fourth-order valence-corrected chi connectivity index (χ4v) is 2.38. The molecule has 1 amide bonds. The molecule has 0 aliphatic carbocycles. The van der Waals surface area contributed by atoms with E-state index in [9.17, 15) is 22.8 Å². The first kappa shape index (κ1) is 20.0. The van der Waals surface area contributed by atoms with Gasteiger partial charge in [0.15, 0.2) is 0 Å². The molecule has 0 fully saturated rings. The van der Waals surface area contributed by atoms with E-state index < -0.39 is 29.7 Å². The zero-order valence-electron chi connectivity index (χ0n) is 14.2. The SMILES string of the molecule is COC(=O)[C@H](Cc1cccc(C(F)(F)F)c1)NC(=O)c1ccc(C#N)cc1. The third-order valence-electron chi connectivity index (χ3n) is 3.76. The van der Waals surface area contributed by atoms with Crippen molar-refractivity contribution in [2.24, 2.45) is 0 Å². The quantitative estimate of drug-likeness (QED) is 0.814. The molecule has 140 valence electrons. The van der Waals surface area contributed by atoms with Crippen LogP contribution in [0.5, 0.6) is 0 Å². The lowest BCUT2D eigenvalue weighted by Crippen LogP contribution is -2.43. The van der Waals surface area contributed by atoms with Gasteiger partial charge < -0.3 is 10.1 Å². The van der Waals surface area contributed by atoms with E-state index in [1.165, 1.54) is 36.4 Å². The normalized spacial score (nSPS) is 12.0.